The number of hydrogen-bond acceptors (Lipinski definition) is 2. The van der Waals surface area contributed by atoms with Crippen molar-refractivity contribution in [2.45, 2.75) is 12.8 Å². The molecule has 2 nitrogen and oxygen atoms in total. The van der Waals surface area contributed by atoms with Crippen molar-refractivity contribution in [3.8, 4) is 0 Å². The number of aromatic nitrogens is 1. The zero-order valence-corrected chi connectivity index (χ0v) is 11.2. The van der Waals surface area contributed by atoms with Crippen LogP contribution in [0.15, 0.2) is 67.5 Å². The van der Waals surface area contributed by atoms with Gasteiger partial charge in [0.05, 0.1) is 0 Å². The van der Waals surface area contributed by atoms with Crippen molar-refractivity contribution in [3.05, 3.63) is 73.1 Å². The lowest BCUT2D eigenvalue weighted by Gasteiger charge is -1.85. The van der Waals surface area contributed by atoms with E-state index >= 15 is 0 Å². The molecule has 2 heterocycles. The van der Waals surface area contributed by atoms with E-state index in [1.54, 1.807) is 12.4 Å². The van der Waals surface area contributed by atoms with Crippen molar-refractivity contribution < 1.29 is 4.74 Å². The van der Waals surface area contributed by atoms with Crippen LogP contribution in [0.1, 0.15) is 18.4 Å². The van der Waals surface area contributed by atoms with Crippen LogP contribution in [0.25, 0.3) is 6.08 Å². The Morgan fingerprint density at radius 1 is 0.895 bits per heavy atom. The monoisotopic (exact) mass is 255 g/mol. The van der Waals surface area contributed by atoms with Gasteiger partial charge >= 0.3 is 0 Å². The summed E-state index contributed by atoms with van der Waals surface area (Å²) in [6.45, 7) is 5.63. The molecule has 0 radical (unpaired) electrons. The maximum atomic E-state index is 4.94. The van der Waals surface area contributed by atoms with Crippen LogP contribution in [0.2, 0.25) is 0 Å². The Kier molecular flexibility index (Phi) is 8.90. The summed E-state index contributed by atoms with van der Waals surface area (Å²) in [5, 5.41) is 0. The van der Waals surface area contributed by atoms with E-state index in [0.717, 1.165) is 13.2 Å². The fraction of sp³-hybridized carbons (Fsp3) is 0.235. The maximum absolute atomic E-state index is 4.94. The minimum absolute atomic E-state index is 1.00. The summed E-state index contributed by atoms with van der Waals surface area (Å²) in [4.78, 5) is 3.78. The zero-order valence-electron chi connectivity index (χ0n) is 11.2. The van der Waals surface area contributed by atoms with E-state index in [1.807, 2.05) is 54.6 Å². The van der Waals surface area contributed by atoms with Crippen LogP contribution in [0.4, 0.5) is 0 Å². The first kappa shape index (κ1) is 15.1. The molecular weight excluding hydrogens is 234 g/mol. The molecule has 1 saturated heterocycles. The van der Waals surface area contributed by atoms with Gasteiger partial charge in [-0.15, -0.1) is 0 Å². The third kappa shape index (κ3) is 8.75. The zero-order chi connectivity index (χ0) is 13.6. The Labute approximate surface area is 115 Å². The highest BCUT2D eigenvalue weighted by molar-refractivity contribution is 5.45. The van der Waals surface area contributed by atoms with Crippen LogP contribution in [-0.2, 0) is 4.74 Å². The summed E-state index contributed by atoms with van der Waals surface area (Å²) in [6.07, 6.45) is 7.89. The average Bonchev–Trinajstić information content (AvgIpc) is 3.10. The Balaban J connectivity index is 0.000000147. The topological polar surface area (TPSA) is 22.1 Å². The Morgan fingerprint density at radius 2 is 1.47 bits per heavy atom. The fourth-order valence-corrected chi connectivity index (χ4v) is 1.41. The van der Waals surface area contributed by atoms with Gasteiger partial charge in [0.1, 0.15) is 0 Å². The van der Waals surface area contributed by atoms with Crippen LogP contribution >= 0.6 is 0 Å². The summed E-state index contributed by atoms with van der Waals surface area (Å²) in [6, 6.07) is 15.7. The molecule has 0 spiro atoms. The molecule has 100 valence electrons. The van der Waals surface area contributed by atoms with Gasteiger partial charge in [-0.3, -0.25) is 4.98 Å². The molecule has 1 fully saturated rings. The number of pyridine rings is 1. The quantitative estimate of drug-likeness (QED) is 0.761. The first-order valence-electron chi connectivity index (χ1n) is 6.53. The lowest BCUT2D eigenvalue weighted by molar-refractivity contribution is 0.198. The van der Waals surface area contributed by atoms with Gasteiger partial charge < -0.3 is 4.74 Å². The number of nitrogens with zero attached hydrogens (tertiary/aromatic N) is 1. The predicted octanol–water partition coefficient (Wildman–Crippen LogP) is 4.21. The molecule has 2 heteroatoms. The summed E-state index contributed by atoms with van der Waals surface area (Å²) in [7, 11) is 0. The molecule has 0 atom stereocenters. The molecule has 2 aromatic rings. The number of rotatable bonds is 1. The molecule has 1 aliphatic heterocycles. The maximum Gasteiger partial charge on any atom is 0.0466 e. The number of benzene rings is 1. The second-order valence-corrected chi connectivity index (χ2v) is 3.96. The first-order valence-corrected chi connectivity index (χ1v) is 6.53. The van der Waals surface area contributed by atoms with Gasteiger partial charge in [0.2, 0.25) is 0 Å². The van der Waals surface area contributed by atoms with Gasteiger partial charge in [-0.25, -0.2) is 0 Å². The molecule has 0 saturated carbocycles. The molecule has 1 aromatic carbocycles. The van der Waals surface area contributed by atoms with Crippen LogP contribution in [0.5, 0.6) is 0 Å². The highest BCUT2D eigenvalue weighted by atomic mass is 16.5. The van der Waals surface area contributed by atoms with Crippen molar-refractivity contribution in [1.29, 1.82) is 0 Å². The fourth-order valence-electron chi connectivity index (χ4n) is 1.41. The lowest BCUT2D eigenvalue weighted by Crippen LogP contribution is -1.74. The van der Waals surface area contributed by atoms with E-state index in [1.165, 1.54) is 18.4 Å². The summed E-state index contributed by atoms with van der Waals surface area (Å²) in [5.74, 6) is 0. The molecule has 3 rings (SSSR count). The first-order chi connectivity index (χ1) is 9.43. The molecule has 0 N–H and O–H groups in total. The van der Waals surface area contributed by atoms with E-state index in [4.69, 9.17) is 4.74 Å². The van der Waals surface area contributed by atoms with Crippen LogP contribution < -0.4 is 0 Å². The SMILES string of the molecule is C1CCOC1.C=Cc1ccccc1.c1ccncc1. The van der Waals surface area contributed by atoms with Gasteiger partial charge in [-0.1, -0.05) is 49.1 Å². The second kappa shape index (κ2) is 11.2. The summed E-state index contributed by atoms with van der Waals surface area (Å²) < 4.78 is 4.94. The molecule has 0 bridgehead atoms. The highest BCUT2D eigenvalue weighted by Crippen LogP contribution is 1.98. The normalized spacial score (nSPS) is 12.4. The molecule has 0 aliphatic carbocycles. The highest BCUT2D eigenvalue weighted by Gasteiger charge is 1.94. The van der Waals surface area contributed by atoms with Gasteiger partial charge in [0, 0.05) is 25.6 Å². The molecule has 1 aliphatic rings. The van der Waals surface area contributed by atoms with E-state index in [-0.39, 0.29) is 0 Å². The molecule has 0 unspecified atom stereocenters. The third-order valence-corrected chi connectivity index (χ3v) is 2.43. The largest absolute Gasteiger partial charge is 0.381 e. The minimum atomic E-state index is 1.00. The molecule has 1 aromatic heterocycles. The standard InChI is InChI=1S/C8H8.C5H5N.C4H8O/c1-2-8-6-4-3-5-7-8;1-2-4-6-5-3-1;1-2-4-5-3-1/h2-7H,1H2;1-5H;1-4H2. The lowest BCUT2D eigenvalue weighted by atomic mass is 10.2. The van der Waals surface area contributed by atoms with Crippen molar-refractivity contribution >= 4 is 6.08 Å². The van der Waals surface area contributed by atoms with Crippen molar-refractivity contribution in [3.63, 3.8) is 0 Å². The Morgan fingerprint density at radius 3 is 1.74 bits per heavy atom. The van der Waals surface area contributed by atoms with Gasteiger partial charge in [-0.05, 0) is 30.5 Å². The smallest absolute Gasteiger partial charge is 0.0466 e. The predicted molar refractivity (Wildman–Crippen MR) is 80.8 cm³/mol. The number of ether oxygens (including phenoxy) is 1. The van der Waals surface area contributed by atoms with Gasteiger partial charge in [0.25, 0.3) is 0 Å². The van der Waals surface area contributed by atoms with Crippen molar-refractivity contribution in [2.75, 3.05) is 13.2 Å². The summed E-state index contributed by atoms with van der Waals surface area (Å²) >= 11 is 0. The molecule has 0 amide bonds. The van der Waals surface area contributed by atoms with Crippen molar-refractivity contribution in [2.24, 2.45) is 0 Å². The van der Waals surface area contributed by atoms with E-state index in [2.05, 4.69) is 11.6 Å². The molecular formula is C17H21NO. The van der Waals surface area contributed by atoms with E-state index in [0.29, 0.717) is 0 Å². The third-order valence-electron chi connectivity index (χ3n) is 2.43. The van der Waals surface area contributed by atoms with E-state index in [9.17, 15) is 0 Å². The number of hydrogen-bond donors (Lipinski definition) is 0. The van der Waals surface area contributed by atoms with Crippen LogP contribution in [-0.4, -0.2) is 18.2 Å². The van der Waals surface area contributed by atoms with E-state index < -0.39 is 0 Å². The van der Waals surface area contributed by atoms with Crippen LogP contribution in [0.3, 0.4) is 0 Å². The Hall–Kier alpha value is -1.93. The van der Waals surface area contributed by atoms with Crippen LogP contribution in [0, 0.1) is 0 Å². The average molecular weight is 255 g/mol. The van der Waals surface area contributed by atoms with Crippen molar-refractivity contribution in [1.82, 2.24) is 4.98 Å². The summed E-state index contributed by atoms with van der Waals surface area (Å²) in [5.41, 5.74) is 1.17. The Bertz CT molecular complexity index is 375. The molecule has 19 heavy (non-hydrogen) atoms. The second-order valence-electron chi connectivity index (χ2n) is 3.96. The minimum Gasteiger partial charge on any atom is -0.381 e. The van der Waals surface area contributed by atoms with Gasteiger partial charge in [-0.2, -0.15) is 0 Å². The van der Waals surface area contributed by atoms with Gasteiger partial charge in [0.15, 0.2) is 0 Å².